The zero-order valence-corrected chi connectivity index (χ0v) is 16.3. The zero-order chi connectivity index (χ0) is 19.5. The second-order valence-corrected chi connectivity index (χ2v) is 7.56. The molecule has 1 aliphatic heterocycles. The highest BCUT2D eigenvalue weighted by atomic mass is 16.5. The molecule has 1 amide bonds. The lowest BCUT2D eigenvalue weighted by molar-refractivity contribution is -0.0586. The van der Waals surface area contributed by atoms with Gasteiger partial charge in [0.05, 0.1) is 23.9 Å². The first-order valence-electron chi connectivity index (χ1n) is 9.75. The molecule has 1 fully saturated rings. The van der Waals surface area contributed by atoms with Gasteiger partial charge in [-0.15, -0.1) is 0 Å². The molecule has 28 heavy (non-hydrogen) atoms. The number of morpholine rings is 1. The molecule has 2 N–H and O–H groups in total. The summed E-state index contributed by atoms with van der Waals surface area (Å²) < 4.78 is 5.71. The first-order valence-corrected chi connectivity index (χ1v) is 9.75. The monoisotopic (exact) mass is 378 g/mol. The topological polar surface area (TPSA) is 70.2 Å². The van der Waals surface area contributed by atoms with Crippen LogP contribution in [0.2, 0.25) is 0 Å². The highest BCUT2D eigenvalue weighted by molar-refractivity contribution is 5.94. The third kappa shape index (κ3) is 4.24. The maximum Gasteiger partial charge on any atom is 0.254 e. The van der Waals surface area contributed by atoms with E-state index in [1.165, 1.54) is 5.56 Å². The van der Waals surface area contributed by atoms with Gasteiger partial charge in [-0.25, -0.2) is 0 Å². The van der Waals surface area contributed by atoms with Crippen LogP contribution in [-0.2, 0) is 17.8 Å². The van der Waals surface area contributed by atoms with Gasteiger partial charge in [0.25, 0.3) is 5.91 Å². The van der Waals surface area contributed by atoms with Crippen LogP contribution in [0.25, 0.3) is 10.9 Å². The number of hydrogen-bond donors (Lipinski definition) is 2. The lowest BCUT2D eigenvalue weighted by Crippen LogP contribution is -2.48. The molecule has 0 bridgehead atoms. The first kappa shape index (κ1) is 18.7. The fraction of sp³-hybridized carbons (Fsp3) is 0.364. The van der Waals surface area contributed by atoms with Gasteiger partial charge >= 0.3 is 0 Å². The maximum absolute atomic E-state index is 12.7. The number of rotatable bonds is 5. The summed E-state index contributed by atoms with van der Waals surface area (Å²) in [7, 11) is 0. The van der Waals surface area contributed by atoms with E-state index in [1.54, 1.807) is 0 Å². The minimum absolute atomic E-state index is 0.0781. The van der Waals surface area contributed by atoms with Crippen molar-refractivity contribution in [3.63, 3.8) is 0 Å². The van der Waals surface area contributed by atoms with Crippen LogP contribution in [0, 0.1) is 0 Å². The van der Waals surface area contributed by atoms with E-state index in [0.29, 0.717) is 13.1 Å². The van der Waals surface area contributed by atoms with E-state index in [2.05, 4.69) is 33.7 Å². The number of amides is 1. The number of aromatic nitrogens is 2. The number of H-pyrrole nitrogens is 1. The van der Waals surface area contributed by atoms with E-state index >= 15 is 0 Å². The average molecular weight is 378 g/mol. The molecule has 1 aliphatic rings. The van der Waals surface area contributed by atoms with Crippen molar-refractivity contribution >= 4 is 16.8 Å². The van der Waals surface area contributed by atoms with E-state index in [-0.39, 0.29) is 18.1 Å². The Morgan fingerprint density at radius 2 is 1.79 bits per heavy atom. The Hall–Kier alpha value is -2.70. The second kappa shape index (κ2) is 8.12. The number of ether oxygens (including phenoxy) is 1. The van der Waals surface area contributed by atoms with Gasteiger partial charge in [-0.2, -0.15) is 5.10 Å². The van der Waals surface area contributed by atoms with Crippen molar-refractivity contribution in [3.8, 4) is 0 Å². The number of nitrogens with zero attached hydrogens (tertiary/aromatic N) is 2. The molecule has 0 aliphatic carbocycles. The molecule has 0 unspecified atom stereocenters. The van der Waals surface area contributed by atoms with Crippen molar-refractivity contribution in [2.75, 3.05) is 13.1 Å². The summed E-state index contributed by atoms with van der Waals surface area (Å²) in [5.74, 6) is 0.0781. The molecular weight excluding hydrogens is 352 g/mol. The zero-order valence-electron chi connectivity index (χ0n) is 16.3. The maximum atomic E-state index is 12.7. The van der Waals surface area contributed by atoms with E-state index in [1.807, 2.05) is 49.2 Å². The summed E-state index contributed by atoms with van der Waals surface area (Å²) in [5.41, 5.74) is 4.14. The molecule has 3 aromatic rings. The quantitative estimate of drug-likeness (QED) is 0.716. The van der Waals surface area contributed by atoms with Crippen LogP contribution in [0.15, 0.2) is 48.7 Å². The largest absolute Gasteiger partial charge is 0.372 e. The van der Waals surface area contributed by atoms with E-state index in [9.17, 15) is 4.79 Å². The molecule has 6 nitrogen and oxygen atoms in total. The Balaban J connectivity index is 1.32. The molecule has 0 saturated carbocycles. The number of hydrogen-bond acceptors (Lipinski definition) is 4. The SMILES string of the molecule is C[C@@H]1CN(C(=O)c2ccc(CNCc3ccc4cn[nH]c4c3)cc2)C[C@@H](C)O1. The fourth-order valence-electron chi connectivity index (χ4n) is 3.74. The molecule has 2 aromatic carbocycles. The summed E-state index contributed by atoms with van der Waals surface area (Å²) in [4.78, 5) is 14.6. The van der Waals surface area contributed by atoms with Gasteiger partial charge in [0, 0.05) is 37.1 Å². The van der Waals surface area contributed by atoms with Crippen molar-refractivity contribution in [3.05, 3.63) is 65.4 Å². The minimum Gasteiger partial charge on any atom is -0.372 e. The van der Waals surface area contributed by atoms with Crippen LogP contribution >= 0.6 is 0 Å². The number of carbonyl (C=O) groups excluding carboxylic acids is 1. The van der Waals surface area contributed by atoms with Crippen LogP contribution < -0.4 is 5.32 Å². The number of fused-ring (bicyclic) bond motifs is 1. The Bertz CT molecular complexity index is 941. The standard InChI is InChI=1S/C22H26N4O2/c1-15-13-26(14-16(2)28-15)22(27)19-6-3-17(4-7-19)10-23-11-18-5-8-20-12-24-25-21(20)9-18/h3-9,12,15-16,23H,10-11,13-14H2,1-2H3,(H,24,25)/t15-,16-/m1/s1. The van der Waals surface area contributed by atoms with E-state index in [4.69, 9.17) is 4.74 Å². The predicted octanol–water partition coefficient (Wildman–Crippen LogP) is 3.10. The Labute approximate surface area is 164 Å². The summed E-state index contributed by atoms with van der Waals surface area (Å²) in [6.45, 7) is 6.84. The van der Waals surface area contributed by atoms with Crippen LogP contribution in [0.4, 0.5) is 0 Å². The molecule has 146 valence electrons. The third-order valence-corrected chi connectivity index (χ3v) is 5.07. The van der Waals surface area contributed by atoms with Crippen LogP contribution in [0.1, 0.15) is 35.3 Å². The number of benzene rings is 2. The van der Waals surface area contributed by atoms with Gasteiger partial charge in [-0.1, -0.05) is 24.3 Å². The molecular formula is C22H26N4O2. The second-order valence-electron chi connectivity index (χ2n) is 7.56. The molecule has 0 radical (unpaired) electrons. The smallest absolute Gasteiger partial charge is 0.254 e. The number of nitrogens with one attached hydrogen (secondary N) is 2. The van der Waals surface area contributed by atoms with Gasteiger partial charge in [0.15, 0.2) is 0 Å². The lowest BCUT2D eigenvalue weighted by atomic mass is 10.1. The van der Waals surface area contributed by atoms with Gasteiger partial charge < -0.3 is 15.0 Å². The molecule has 1 saturated heterocycles. The Kier molecular flexibility index (Phi) is 5.41. The summed E-state index contributed by atoms with van der Waals surface area (Å²) in [6.07, 6.45) is 1.99. The van der Waals surface area contributed by atoms with Crippen molar-refractivity contribution in [2.45, 2.75) is 39.1 Å². The molecule has 1 aromatic heterocycles. The average Bonchev–Trinajstić information content (AvgIpc) is 3.15. The first-order chi connectivity index (χ1) is 13.6. The normalized spacial score (nSPS) is 19.9. The molecule has 6 heteroatoms. The molecule has 0 spiro atoms. The molecule has 2 atom stereocenters. The Morgan fingerprint density at radius 3 is 2.54 bits per heavy atom. The van der Waals surface area contributed by atoms with Gasteiger partial charge in [0.1, 0.15) is 0 Å². The van der Waals surface area contributed by atoms with Crippen molar-refractivity contribution in [1.82, 2.24) is 20.4 Å². The van der Waals surface area contributed by atoms with Crippen molar-refractivity contribution < 1.29 is 9.53 Å². The third-order valence-electron chi connectivity index (χ3n) is 5.07. The molecule has 2 heterocycles. The summed E-state index contributed by atoms with van der Waals surface area (Å²) >= 11 is 0. The fourth-order valence-corrected chi connectivity index (χ4v) is 3.74. The van der Waals surface area contributed by atoms with Gasteiger partial charge in [-0.05, 0) is 43.2 Å². The van der Waals surface area contributed by atoms with E-state index < -0.39 is 0 Å². The van der Waals surface area contributed by atoms with Crippen molar-refractivity contribution in [1.29, 1.82) is 0 Å². The number of aromatic amines is 1. The lowest BCUT2D eigenvalue weighted by Gasteiger charge is -2.35. The summed E-state index contributed by atoms with van der Waals surface area (Å²) in [5, 5.41) is 11.6. The highest BCUT2D eigenvalue weighted by Gasteiger charge is 2.26. The van der Waals surface area contributed by atoms with Crippen LogP contribution in [0.5, 0.6) is 0 Å². The predicted molar refractivity (Wildman–Crippen MR) is 109 cm³/mol. The highest BCUT2D eigenvalue weighted by Crippen LogP contribution is 2.16. The Morgan fingerprint density at radius 1 is 1.11 bits per heavy atom. The molecule has 4 rings (SSSR count). The van der Waals surface area contributed by atoms with Crippen LogP contribution in [0.3, 0.4) is 0 Å². The van der Waals surface area contributed by atoms with Gasteiger partial charge in [-0.3, -0.25) is 9.89 Å². The minimum atomic E-state index is 0.0781. The van der Waals surface area contributed by atoms with Crippen LogP contribution in [-0.4, -0.2) is 46.3 Å². The van der Waals surface area contributed by atoms with E-state index in [0.717, 1.165) is 35.1 Å². The summed E-state index contributed by atoms with van der Waals surface area (Å²) in [6, 6.07) is 14.2. The van der Waals surface area contributed by atoms with Crippen molar-refractivity contribution in [2.24, 2.45) is 0 Å². The van der Waals surface area contributed by atoms with Gasteiger partial charge in [0.2, 0.25) is 0 Å². The number of carbonyl (C=O) groups is 1.